The van der Waals surface area contributed by atoms with Gasteiger partial charge in [0.05, 0.1) is 10.7 Å². The summed E-state index contributed by atoms with van der Waals surface area (Å²) in [5.41, 5.74) is 3.87. The number of amides is 1. The minimum Gasteiger partial charge on any atom is -0.352 e. The Hall–Kier alpha value is -3.18. The summed E-state index contributed by atoms with van der Waals surface area (Å²) in [6, 6.07) is 19.0. The lowest BCUT2D eigenvalue weighted by atomic mass is 10.1. The first kappa shape index (κ1) is 17.2. The van der Waals surface area contributed by atoms with Crippen LogP contribution in [0.3, 0.4) is 0 Å². The molecule has 4 aromatic rings. The summed E-state index contributed by atoms with van der Waals surface area (Å²) in [7, 11) is 0. The Bertz CT molecular complexity index is 1090. The monoisotopic (exact) mass is 376 g/mol. The standard InChI is InChI=1S/C21H17ClN4O/c22-17-9-8-16(21(27)24-12-10-15-5-2-1-3-6-15)13-19(17)26-14-25-18-7-4-11-23-20(18)26/h1-9,11,13-14H,10,12H2,(H,24,27). The molecule has 0 fully saturated rings. The van der Waals surface area contributed by atoms with Crippen LogP contribution in [0.2, 0.25) is 5.02 Å². The van der Waals surface area contributed by atoms with Gasteiger partial charge in [0.2, 0.25) is 0 Å². The molecule has 27 heavy (non-hydrogen) atoms. The Balaban J connectivity index is 1.54. The molecule has 5 nitrogen and oxygen atoms in total. The molecule has 0 saturated carbocycles. The fourth-order valence-corrected chi connectivity index (χ4v) is 3.14. The van der Waals surface area contributed by atoms with E-state index in [0.717, 1.165) is 11.9 Å². The van der Waals surface area contributed by atoms with Crippen LogP contribution in [-0.4, -0.2) is 27.0 Å². The average Bonchev–Trinajstić information content (AvgIpc) is 3.13. The number of carbonyl (C=O) groups excluding carboxylic acids is 1. The summed E-state index contributed by atoms with van der Waals surface area (Å²) < 4.78 is 1.79. The molecular formula is C21H17ClN4O. The van der Waals surface area contributed by atoms with Gasteiger partial charge in [0.15, 0.2) is 5.65 Å². The molecule has 2 heterocycles. The Morgan fingerprint density at radius 2 is 1.89 bits per heavy atom. The minimum atomic E-state index is -0.138. The van der Waals surface area contributed by atoms with E-state index >= 15 is 0 Å². The van der Waals surface area contributed by atoms with E-state index in [-0.39, 0.29) is 5.91 Å². The second-order valence-corrected chi connectivity index (χ2v) is 6.53. The van der Waals surface area contributed by atoms with Gasteiger partial charge < -0.3 is 5.32 Å². The lowest BCUT2D eigenvalue weighted by Crippen LogP contribution is -2.25. The number of halogens is 1. The summed E-state index contributed by atoms with van der Waals surface area (Å²) in [5, 5.41) is 3.48. The number of hydrogen-bond donors (Lipinski definition) is 1. The van der Waals surface area contributed by atoms with Crippen molar-refractivity contribution < 1.29 is 4.79 Å². The largest absolute Gasteiger partial charge is 0.352 e. The van der Waals surface area contributed by atoms with Crippen molar-refractivity contribution in [2.45, 2.75) is 6.42 Å². The molecule has 2 aromatic heterocycles. The number of nitrogens with one attached hydrogen (secondary N) is 1. The molecule has 0 aliphatic heterocycles. The molecule has 0 radical (unpaired) electrons. The Labute approximate surface area is 161 Å². The van der Waals surface area contributed by atoms with Crippen molar-refractivity contribution in [1.29, 1.82) is 0 Å². The van der Waals surface area contributed by atoms with Gasteiger partial charge in [-0.2, -0.15) is 0 Å². The Morgan fingerprint density at radius 3 is 2.74 bits per heavy atom. The van der Waals surface area contributed by atoms with Gasteiger partial charge in [-0.25, -0.2) is 9.97 Å². The smallest absolute Gasteiger partial charge is 0.251 e. The molecule has 1 N–H and O–H groups in total. The predicted octanol–water partition coefficient (Wildman–Crippen LogP) is 4.05. The van der Waals surface area contributed by atoms with Crippen molar-refractivity contribution >= 4 is 28.7 Å². The zero-order valence-corrected chi connectivity index (χ0v) is 15.2. The molecule has 0 aliphatic rings. The maximum Gasteiger partial charge on any atom is 0.251 e. The number of nitrogens with zero attached hydrogens (tertiary/aromatic N) is 3. The zero-order valence-electron chi connectivity index (χ0n) is 14.5. The number of pyridine rings is 1. The number of imidazole rings is 1. The average molecular weight is 377 g/mol. The lowest BCUT2D eigenvalue weighted by molar-refractivity contribution is 0.0954. The first-order valence-electron chi connectivity index (χ1n) is 8.62. The Morgan fingerprint density at radius 1 is 1.04 bits per heavy atom. The summed E-state index contributed by atoms with van der Waals surface area (Å²) in [6.45, 7) is 0.566. The fourth-order valence-electron chi connectivity index (χ4n) is 2.93. The third kappa shape index (κ3) is 3.68. The SMILES string of the molecule is O=C(NCCc1ccccc1)c1ccc(Cl)c(-n2cnc3cccnc32)c1. The number of carbonyl (C=O) groups is 1. The van der Waals surface area contributed by atoms with Crippen molar-refractivity contribution in [3.8, 4) is 5.69 Å². The van der Waals surface area contributed by atoms with E-state index in [2.05, 4.69) is 15.3 Å². The van der Waals surface area contributed by atoms with E-state index < -0.39 is 0 Å². The molecule has 0 bridgehead atoms. The molecule has 0 atom stereocenters. The topological polar surface area (TPSA) is 59.8 Å². The fraction of sp³-hybridized carbons (Fsp3) is 0.0952. The van der Waals surface area contributed by atoms with Crippen LogP contribution in [0.1, 0.15) is 15.9 Å². The maximum absolute atomic E-state index is 12.5. The lowest BCUT2D eigenvalue weighted by Gasteiger charge is -2.10. The molecule has 6 heteroatoms. The first-order chi connectivity index (χ1) is 13.2. The van der Waals surface area contributed by atoms with E-state index in [9.17, 15) is 4.79 Å². The third-order valence-electron chi connectivity index (χ3n) is 4.32. The van der Waals surface area contributed by atoms with Crippen LogP contribution < -0.4 is 5.32 Å². The van der Waals surface area contributed by atoms with Crippen LogP contribution in [0.15, 0.2) is 73.2 Å². The van der Waals surface area contributed by atoms with Gasteiger partial charge >= 0.3 is 0 Å². The highest BCUT2D eigenvalue weighted by molar-refractivity contribution is 6.32. The molecule has 0 unspecified atom stereocenters. The molecule has 0 saturated heterocycles. The highest BCUT2D eigenvalue weighted by Gasteiger charge is 2.13. The molecule has 0 spiro atoms. The van der Waals surface area contributed by atoms with Crippen LogP contribution in [0.4, 0.5) is 0 Å². The number of fused-ring (bicyclic) bond motifs is 1. The number of benzene rings is 2. The van der Waals surface area contributed by atoms with Crippen LogP contribution >= 0.6 is 11.6 Å². The second-order valence-electron chi connectivity index (χ2n) is 6.12. The molecular weight excluding hydrogens is 360 g/mol. The van der Waals surface area contributed by atoms with Crippen LogP contribution in [0.5, 0.6) is 0 Å². The number of rotatable bonds is 5. The van der Waals surface area contributed by atoms with E-state index in [1.807, 2.05) is 42.5 Å². The number of aromatic nitrogens is 3. The van der Waals surface area contributed by atoms with Crippen molar-refractivity contribution in [2.24, 2.45) is 0 Å². The van der Waals surface area contributed by atoms with Crippen molar-refractivity contribution in [1.82, 2.24) is 19.9 Å². The molecule has 2 aromatic carbocycles. The van der Waals surface area contributed by atoms with E-state index in [4.69, 9.17) is 11.6 Å². The predicted molar refractivity (Wildman–Crippen MR) is 106 cm³/mol. The molecule has 134 valence electrons. The highest BCUT2D eigenvalue weighted by Crippen LogP contribution is 2.25. The third-order valence-corrected chi connectivity index (χ3v) is 4.64. The van der Waals surface area contributed by atoms with Crippen LogP contribution in [-0.2, 0) is 6.42 Å². The maximum atomic E-state index is 12.5. The van der Waals surface area contributed by atoms with Crippen molar-refractivity contribution in [3.63, 3.8) is 0 Å². The zero-order chi connectivity index (χ0) is 18.6. The quantitative estimate of drug-likeness (QED) is 0.571. The van der Waals surface area contributed by atoms with E-state index in [1.54, 1.807) is 35.3 Å². The van der Waals surface area contributed by atoms with Gasteiger partial charge in [-0.1, -0.05) is 41.9 Å². The van der Waals surface area contributed by atoms with Gasteiger partial charge in [0.25, 0.3) is 5.91 Å². The normalized spacial score (nSPS) is 10.9. The first-order valence-corrected chi connectivity index (χ1v) is 9.00. The summed E-state index contributed by atoms with van der Waals surface area (Å²) in [6.07, 6.45) is 4.15. The van der Waals surface area contributed by atoms with Gasteiger partial charge in [-0.15, -0.1) is 0 Å². The summed E-state index contributed by atoms with van der Waals surface area (Å²) in [4.78, 5) is 21.2. The van der Waals surface area contributed by atoms with Gasteiger partial charge in [-0.3, -0.25) is 9.36 Å². The Kier molecular flexibility index (Phi) is 4.85. The molecule has 0 aliphatic carbocycles. The summed E-state index contributed by atoms with van der Waals surface area (Å²) >= 11 is 6.37. The molecule has 4 rings (SSSR count). The van der Waals surface area contributed by atoms with E-state index in [1.165, 1.54) is 5.56 Å². The van der Waals surface area contributed by atoms with Gasteiger partial charge in [0, 0.05) is 18.3 Å². The molecule has 1 amide bonds. The van der Waals surface area contributed by atoms with Gasteiger partial charge in [-0.05, 0) is 42.3 Å². The van der Waals surface area contributed by atoms with Crippen LogP contribution in [0.25, 0.3) is 16.9 Å². The highest BCUT2D eigenvalue weighted by atomic mass is 35.5. The van der Waals surface area contributed by atoms with Crippen LogP contribution in [0, 0.1) is 0 Å². The van der Waals surface area contributed by atoms with Crippen molar-refractivity contribution in [3.05, 3.63) is 89.3 Å². The number of hydrogen-bond acceptors (Lipinski definition) is 3. The second kappa shape index (κ2) is 7.60. The van der Waals surface area contributed by atoms with Gasteiger partial charge in [0.1, 0.15) is 11.8 Å². The van der Waals surface area contributed by atoms with Crippen molar-refractivity contribution in [2.75, 3.05) is 6.54 Å². The summed E-state index contributed by atoms with van der Waals surface area (Å²) in [5.74, 6) is -0.138. The minimum absolute atomic E-state index is 0.138. The van der Waals surface area contributed by atoms with E-state index in [0.29, 0.717) is 28.5 Å².